The van der Waals surface area contributed by atoms with Crippen molar-refractivity contribution in [2.75, 3.05) is 7.11 Å². The molecule has 0 aliphatic carbocycles. The van der Waals surface area contributed by atoms with Crippen molar-refractivity contribution in [3.8, 4) is 5.75 Å². The second-order valence-electron chi connectivity index (χ2n) is 3.54. The van der Waals surface area contributed by atoms with E-state index in [1.165, 1.54) is 0 Å². The Hall–Kier alpha value is -0.990. The molecule has 2 N–H and O–H groups in total. The lowest BCUT2D eigenvalue weighted by molar-refractivity contribution is 0.414. The van der Waals surface area contributed by atoms with Crippen LogP contribution in [-0.2, 0) is 0 Å². The molecule has 0 fully saturated rings. The van der Waals surface area contributed by atoms with Gasteiger partial charge in [0.1, 0.15) is 5.75 Å². The van der Waals surface area contributed by atoms with Crippen LogP contribution in [0.4, 0.5) is 0 Å². The van der Waals surface area contributed by atoms with Crippen LogP contribution in [-0.4, -0.2) is 7.11 Å². The van der Waals surface area contributed by atoms with Gasteiger partial charge in [-0.1, -0.05) is 17.7 Å². The van der Waals surface area contributed by atoms with E-state index in [-0.39, 0.29) is 18.4 Å². The fourth-order valence-corrected chi connectivity index (χ4v) is 1.37. The minimum Gasteiger partial charge on any atom is -0.497 e. The van der Waals surface area contributed by atoms with Gasteiger partial charge in [-0.05, 0) is 31.0 Å². The topological polar surface area (TPSA) is 35.2 Å². The second kappa shape index (κ2) is 6.49. The minimum absolute atomic E-state index is 0. The SMILES string of the molecule is C=C(C)C[C@H](N)c1cccc(OC)c1.Cl. The van der Waals surface area contributed by atoms with E-state index in [9.17, 15) is 0 Å². The molecule has 1 aromatic rings. The molecular formula is C12H18ClNO. The fourth-order valence-electron chi connectivity index (χ4n) is 1.37. The third kappa shape index (κ3) is 4.36. The molecule has 0 heterocycles. The molecule has 0 amide bonds. The highest BCUT2D eigenvalue weighted by atomic mass is 35.5. The Labute approximate surface area is 97.5 Å². The Kier molecular flexibility index (Phi) is 6.06. The molecule has 0 aromatic heterocycles. The molecule has 0 spiro atoms. The van der Waals surface area contributed by atoms with Gasteiger partial charge in [0.05, 0.1) is 7.11 Å². The monoisotopic (exact) mass is 227 g/mol. The van der Waals surface area contributed by atoms with E-state index in [0.717, 1.165) is 23.3 Å². The van der Waals surface area contributed by atoms with E-state index < -0.39 is 0 Å². The van der Waals surface area contributed by atoms with Crippen LogP contribution in [0, 0.1) is 0 Å². The summed E-state index contributed by atoms with van der Waals surface area (Å²) in [5, 5.41) is 0. The van der Waals surface area contributed by atoms with Gasteiger partial charge in [-0.15, -0.1) is 19.0 Å². The lowest BCUT2D eigenvalue weighted by atomic mass is 10.0. The van der Waals surface area contributed by atoms with Gasteiger partial charge in [-0.3, -0.25) is 0 Å². The highest BCUT2D eigenvalue weighted by molar-refractivity contribution is 5.85. The third-order valence-corrected chi connectivity index (χ3v) is 2.09. The molecule has 0 saturated heterocycles. The summed E-state index contributed by atoms with van der Waals surface area (Å²) >= 11 is 0. The largest absolute Gasteiger partial charge is 0.497 e. The highest BCUT2D eigenvalue weighted by Crippen LogP contribution is 2.21. The van der Waals surface area contributed by atoms with Crippen molar-refractivity contribution in [3.05, 3.63) is 42.0 Å². The molecule has 0 aliphatic rings. The average molecular weight is 228 g/mol. The van der Waals surface area contributed by atoms with Gasteiger partial charge in [0.25, 0.3) is 0 Å². The van der Waals surface area contributed by atoms with E-state index in [1.54, 1.807) is 7.11 Å². The standard InChI is InChI=1S/C12H17NO.ClH/c1-9(2)7-12(13)10-5-4-6-11(8-10)14-3;/h4-6,8,12H,1,7,13H2,2-3H3;1H/t12-;/m0./s1. The zero-order chi connectivity index (χ0) is 10.6. The second-order valence-corrected chi connectivity index (χ2v) is 3.54. The van der Waals surface area contributed by atoms with Crippen LogP contribution in [0.15, 0.2) is 36.4 Å². The zero-order valence-corrected chi connectivity index (χ0v) is 10.0. The third-order valence-electron chi connectivity index (χ3n) is 2.09. The van der Waals surface area contributed by atoms with Gasteiger partial charge in [0.15, 0.2) is 0 Å². The summed E-state index contributed by atoms with van der Waals surface area (Å²) in [7, 11) is 1.66. The van der Waals surface area contributed by atoms with Crippen molar-refractivity contribution in [2.45, 2.75) is 19.4 Å². The number of methoxy groups -OCH3 is 1. The average Bonchev–Trinajstić information content (AvgIpc) is 2.17. The summed E-state index contributed by atoms with van der Waals surface area (Å²) in [4.78, 5) is 0. The maximum absolute atomic E-state index is 6.00. The Bertz CT molecular complexity index is 325. The van der Waals surface area contributed by atoms with Crippen LogP contribution in [0.2, 0.25) is 0 Å². The number of nitrogens with two attached hydrogens (primary N) is 1. The summed E-state index contributed by atoms with van der Waals surface area (Å²) in [5.74, 6) is 0.847. The maximum atomic E-state index is 6.00. The molecule has 2 nitrogen and oxygen atoms in total. The first-order chi connectivity index (χ1) is 6.63. The molecule has 1 atom stereocenters. The van der Waals surface area contributed by atoms with Gasteiger partial charge in [-0.25, -0.2) is 0 Å². The maximum Gasteiger partial charge on any atom is 0.119 e. The Morgan fingerprint density at radius 3 is 2.73 bits per heavy atom. The Balaban J connectivity index is 0.00000196. The fraction of sp³-hybridized carbons (Fsp3) is 0.333. The first kappa shape index (κ1) is 14.0. The van der Waals surface area contributed by atoms with Gasteiger partial charge in [0.2, 0.25) is 0 Å². The first-order valence-electron chi connectivity index (χ1n) is 4.67. The molecular weight excluding hydrogens is 210 g/mol. The molecule has 15 heavy (non-hydrogen) atoms. The van der Waals surface area contributed by atoms with Crippen molar-refractivity contribution >= 4 is 12.4 Å². The van der Waals surface area contributed by atoms with Crippen LogP contribution in [0.3, 0.4) is 0 Å². The number of hydrogen-bond donors (Lipinski definition) is 1. The summed E-state index contributed by atoms with van der Waals surface area (Å²) in [6.07, 6.45) is 0.813. The normalized spacial score (nSPS) is 11.4. The summed E-state index contributed by atoms with van der Waals surface area (Å²) in [6.45, 7) is 5.84. The van der Waals surface area contributed by atoms with E-state index in [1.807, 2.05) is 31.2 Å². The number of halogens is 1. The van der Waals surface area contributed by atoms with E-state index in [0.29, 0.717) is 0 Å². The van der Waals surface area contributed by atoms with Gasteiger partial charge in [-0.2, -0.15) is 0 Å². The van der Waals surface area contributed by atoms with Gasteiger partial charge in [0, 0.05) is 6.04 Å². The summed E-state index contributed by atoms with van der Waals surface area (Å²) < 4.78 is 5.13. The van der Waals surface area contributed by atoms with Crippen LogP contribution in [0.1, 0.15) is 24.9 Å². The Morgan fingerprint density at radius 2 is 2.20 bits per heavy atom. The molecule has 3 heteroatoms. The number of ether oxygens (including phenoxy) is 1. The number of hydrogen-bond acceptors (Lipinski definition) is 2. The molecule has 0 unspecified atom stereocenters. The lowest BCUT2D eigenvalue weighted by Gasteiger charge is -2.12. The summed E-state index contributed by atoms with van der Waals surface area (Å²) in [5.41, 5.74) is 8.19. The Morgan fingerprint density at radius 1 is 1.53 bits per heavy atom. The molecule has 1 aromatic carbocycles. The van der Waals surface area contributed by atoms with Crippen molar-refractivity contribution < 1.29 is 4.74 Å². The number of benzene rings is 1. The van der Waals surface area contributed by atoms with Crippen LogP contribution >= 0.6 is 12.4 Å². The minimum atomic E-state index is 0. The molecule has 0 saturated carbocycles. The zero-order valence-electron chi connectivity index (χ0n) is 9.19. The van der Waals surface area contributed by atoms with E-state index >= 15 is 0 Å². The van der Waals surface area contributed by atoms with Crippen molar-refractivity contribution in [1.29, 1.82) is 0 Å². The first-order valence-corrected chi connectivity index (χ1v) is 4.67. The van der Waals surface area contributed by atoms with Crippen molar-refractivity contribution in [3.63, 3.8) is 0 Å². The number of rotatable bonds is 4. The van der Waals surface area contributed by atoms with Crippen molar-refractivity contribution in [1.82, 2.24) is 0 Å². The molecule has 0 bridgehead atoms. The molecule has 1 rings (SSSR count). The quantitative estimate of drug-likeness (QED) is 0.803. The lowest BCUT2D eigenvalue weighted by Crippen LogP contribution is -2.10. The van der Waals surface area contributed by atoms with Crippen LogP contribution in [0.5, 0.6) is 5.75 Å². The van der Waals surface area contributed by atoms with Crippen LogP contribution in [0.25, 0.3) is 0 Å². The summed E-state index contributed by atoms with van der Waals surface area (Å²) in [6, 6.07) is 7.86. The van der Waals surface area contributed by atoms with Crippen LogP contribution < -0.4 is 10.5 Å². The van der Waals surface area contributed by atoms with E-state index in [4.69, 9.17) is 10.5 Å². The van der Waals surface area contributed by atoms with Crippen molar-refractivity contribution in [2.24, 2.45) is 5.73 Å². The highest BCUT2D eigenvalue weighted by Gasteiger charge is 2.06. The predicted molar refractivity (Wildman–Crippen MR) is 66.6 cm³/mol. The van der Waals surface area contributed by atoms with Gasteiger partial charge < -0.3 is 10.5 Å². The smallest absolute Gasteiger partial charge is 0.119 e. The van der Waals surface area contributed by atoms with E-state index in [2.05, 4.69) is 6.58 Å². The molecule has 0 radical (unpaired) electrons. The van der Waals surface area contributed by atoms with Gasteiger partial charge >= 0.3 is 0 Å². The molecule has 84 valence electrons. The predicted octanol–water partition coefficient (Wildman–Crippen LogP) is 3.08. The molecule has 0 aliphatic heterocycles.